The lowest BCUT2D eigenvalue weighted by atomic mass is 9.41. The van der Waals surface area contributed by atoms with E-state index in [0.717, 1.165) is 0 Å². The molecule has 4 saturated carbocycles. The fourth-order valence-electron chi connectivity index (χ4n) is 7.67. The number of amides is 2. The highest BCUT2D eigenvalue weighted by Gasteiger charge is 2.73. The highest BCUT2D eigenvalue weighted by molar-refractivity contribution is 6.40. The Balaban J connectivity index is 1.19. The molecular weight excluding hydrogens is 610 g/mol. The summed E-state index contributed by atoms with van der Waals surface area (Å²) < 4.78 is 85.1. The molecule has 4 atom stereocenters. The third kappa shape index (κ3) is 5.29. The number of carbonyl (C=O) groups excluding carboxylic acids is 2. The number of oxime groups is 1. The number of nitrogens with one attached hydrogen (secondary N) is 2. The highest BCUT2D eigenvalue weighted by atomic mass is 19.4. The summed E-state index contributed by atoms with van der Waals surface area (Å²) in [6.07, 6.45) is -2.68. The molecule has 2 amide bonds. The molecular formula is C28H32F6N8O3. The number of piperidine rings is 1. The topological polar surface area (TPSA) is 126 Å². The first-order valence-corrected chi connectivity index (χ1v) is 15.1. The molecule has 1 saturated heterocycles. The molecule has 0 aromatic carbocycles. The Kier molecular flexibility index (Phi) is 6.87. The molecule has 11 nitrogen and oxygen atoms in total. The normalized spacial score (nSPS) is 33.5. The number of rotatable bonds is 6. The predicted molar refractivity (Wildman–Crippen MR) is 143 cm³/mol. The third-order valence-corrected chi connectivity index (χ3v) is 10.2. The molecule has 2 aromatic heterocycles. The quantitative estimate of drug-likeness (QED) is 0.454. The number of aromatic nitrogens is 4. The molecule has 2 N–H and O–H groups in total. The number of likely N-dealkylation sites (tertiary alicyclic amines) is 1. The second-order valence-corrected chi connectivity index (χ2v) is 13.4. The first-order valence-electron chi connectivity index (χ1n) is 15.1. The molecule has 2 bridgehead atoms. The first-order chi connectivity index (χ1) is 21.2. The molecule has 2 aromatic rings. The third-order valence-electron chi connectivity index (χ3n) is 10.2. The van der Waals surface area contributed by atoms with E-state index in [4.69, 9.17) is 4.94 Å². The molecule has 4 unspecified atom stereocenters. The van der Waals surface area contributed by atoms with E-state index in [-0.39, 0.29) is 86.7 Å². The molecule has 17 heteroatoms. The lowest BCUT2D eigenvalue weighted by molar-refractivity contribution is -0.229. The van der Waals surface area contributed by atoms with Crippen LogP contribution in [-0.4, -0.2) is 72.4 Å². The van der Waals surface area contributed by atoms with Crippen molar-refractivity contribution in [1.82, 2.24) is 35.3 Å². The van der Waals surface area contributed by atoms with Crippen molar-refractivity contribution >= 4 is 23.3 Å². The minimum absolute atomic E-state index is 0.00854. The maximum Gasteiger partial charge on any atom is 0.391 e. The molecule has 0 radical (unpaired) electrons. The largest absolute Gasteiger partial charge is 0.391 e. The van der Waals surface area contributed by atoms with Crippen LogP contribution in [-0.2, 0) is 14.5 Å². The molecule has 0 spiro atoms. The van der Waals surface area contributed by atoms with Gasteiger partial charge in [-0.3, -0.25) is 14.5 Å². The summed E-state index contributed by atoms with van der Waals surface area (Å²) in [5.74, 6) is -5.82. The lowest BCUT2D eigenvalue weighted by Gasteiger charge is -2.65. The van der Waals surface area contributed by atoms with Gasteiger partial charge in [0.05, 0.1) is 53.2 Å². The van der Waals surface area contributed by atoms with Gasteiger partial charge >= 0.3 is 6.18 Å². The highest BCUT2D eigenvalue weighted by Crippen LogP contribution is 2.70. The van der Waals surface area contributed by atoms with Gasteiger partial charge in [-0.05, 0) is 57.8 Å². The Morgan fingerprint density at radius 2 is 1.82 bits per heavy atom. The molecule has 4 heterocycles. The van der Waals surface area contributed by atoms with Crippen molar-refractivity contribution in [2.45, 2.75) is 101 Å². The van der Waals surface area contributed by atoms with Crippen molar-refractivity contribution in [3.8, 4) is 0 Å². The van der Waals surface area contributed by atoms with Crippen molar-refractivity contribution in [1.29, 1.82) is 0 Å². The van der Waals surface area contributed by atoms with E-state index in [1.54, 1.807) is 6.92 Å². The number of nitrogens with zero attached hydrogens (tertiary/aromatic N) is 6. The van der Waals surface area contributed by atoms with E-state index in [1.165, 1.54) is 21.8 Å². The van der Waals surface area contributed by atoms with Crippen LogP contribution in [0.4, 0.5) is 26.3 Å². The summed E-state index contributed by atoms with van der Waals surface area (Å²) in [4.78, 5) is 41.8. The SMILES string of the molecule is CC1NON=C1C(=O)NC(c1cn2ncc(C3CC(C(F)(F)F)CCN3C(=O)C34CC(F)(C3)C4)nc2n1)C1CCC(F)(F)CC1. The fourth-order valence-corrected chi connectivity index (χ4v) is 7.67. The molecule has 2 aliphatic heterocycles. The summed E-state index contributed by atoms with van der Waals surface area (Å²) >= 11 is 0. The number of hydrogen-bond donors (Lipinski definition) is 2. The average molecular weight is 643 g/mol. The van der Waals surface area contributed by atoms with Gasteiger partial charge in [0.15, 0.2) is 5.71 Å². The Bertz CT molecular complexity index is 1530. The second kappa shape index (κ2) is 10.3. The van der Waals surface area contributed by atoms with Gasteiger partial charge < -0.3 is 10.2 Å². The van der Waals surface area contributed by atoms with Crippen molar-refractivity contribution in [2.75, 3.05) is 6.54 Å². The van der Waals surface area contributed by atoms with Gasteiger partial charge in [0.1, 0.15) is 5.67 Å². The number of hydrogen-bond acceptors (Lipinski definition) is 8. The minimum Gasteiger partial charge on any atom is -0.342 e. The number of halogens is 6. The monoisotopic (exact) mass is 642 g/mol. The Morgan fingerprint density at radius 3 is 2.44 bits per heavy atom. The summed E-state index contributed by atoms with van der Waals surface area (Å²) in [6, 6.07) is -2.39. The van der Waals surface area contributed by atoms with Gasteiger partial charge in [-0.25, -0.2) is 27.7 Å². The van der Waals surface area contributed by atoms with E-state index in [0.29, 0.717) is 0 Å². The van der Waals surface area contributed by atoms with E-state index in [9.17, 15) is 35.9 Å². The molecule has 5 fully saturated rings. The zero-order chi connectivity index (χ0) is 31.9. The van der Waals surface area contributed by atoms with E-state index >= 15 is 0 Å². The van der Waals surface area contributed by atoms with Gasteiger partial charge in [0.2, 0.25) is 11.8 Å². The van der Waals surface area contributed by atoms with Crippen molar-refractivity contribution in [3.63, 3.8) is 0 Å². The Hall–Kier alpha value is -3.50. The van der Waals surface area contributed by atoms with Gasteiger partial charge in [0.25, 0.3) is 11.7 Å². The molecule has 244 valence electrons. The van der Waals surface area contributed by atoms with Crippen molar-refractivity contribution in [3.05, 3.63) is 23.8 Å². The fraction of sp³-hybridized carbons (Fsp3) is 0.714. The summed E-state index contributed by atoms with van der Waals surface area (Å²) in [7, 11) is 0. The molecule has 8 rings (SSSR count). The van der Waals surface area contributed by atoms with Crippen LogP contribution in [0.3, 0.4) is 0 Å². The Morgan fingerprint density at radius 1 is 1.11 bits per heavy atom. The number of imidazole rings is 1. The van der Waals surface area contributed by atoms with Crippen LogP contribution in [0, 0.1) is 17.3 Å². The standard InChI is InChI=1S/C28H32F6N8O3/c1-14-20(40-45-39-14)22(43)38-21(15-2-5-27(30,31)6-3-15)18-10-42-24(37-18)36-17(9-35-42)19-8-16(28(32,33)34)4-7-41(19)23(44)25-11-26(29,12-25)13-25/h9-10,14-16,19,21,39H,2-8,11-13H2,1H3,(H,38,43). The number of alkyl halides is 6. The molecule has 4 aliphatic carbocycles. The zero-order valence-electron chi connectivity index (χ0n) is 24.3. The smallest absolute Gasteiger partial charge is 0.342 e. The summed E-state index contributed by atoms with van der Waals surface area (Å²) in [6.45, 7) is 1.51. The van der Waals surface area contributed by atoms with Gasteiger partial charge in [-0.15, -0.1) is 5.48 Å². The number of hydroxylamine groups is 1. The van der Waals surface area contributed by atoms with Crippen LogP contribution < -0.4 is 10.8 Å². The van der Waals surface area contributed by atoms with Crippen LogP contribution in [0.15, 0.2) is 17.5 Å². The predicted octanol–water partition coefficient (Wildman–Crippen LogP) is 4.12. The van der Waals surface area contributed by atoms with E-state index in [2.05, 4.69) is 31.0 Å². The van der Waals surface area contributed by atoms with Crippen LogP contribution in [0.2, 0.25) is 0 Å². The van der Waals surface area contributed by atoms with Crippen molar-refractivity contribution in [2.24, 2.45) is 22.4 Å². The maximum atomic E-state index is 14.3. The summed E-state index contributed by atoms with van der Waals surface area (Å²) in [5, 5.41) is 10.9. The first kappa shape index (κ1) is 30.2. The van der Waals surface area contributed by atoms with E-state index < -0.39 is 65.5 Å². The molecule has 45 heavy (non-hydrogen) atoms. The minimum atomic E-state index is -4.48. The number of fused-ring (bicyclic) bond motifs is 1. The van der Waals surface area contributed by atoms with Gasteiger partial charge in [-0.1, -0.05) is 5.16 Å². The van der Waals surface area contributed by atoms with Crippen molar-refractivity contribution < 1.29 is 40.9 Å². The zero-order valence-corrected chi connectivity index (χ0v) is 24.3. The van der Waals surface area contributed by atoms with Crippen LogP contribution in [0.5, 0.6) is 0 Å². The maximum absolute atomic E-state index is 14.3. The van der Waals surface area contributed by atoms with E-state index in [1.807, 2.05) is 0 Å². The van der Waals surface area contributed by atoms with Crippen LogP contribution >= 0.6 is 0 Å². The average Bonchev–Trinajstić information content (AvgIpc) is 3.58. The van der Waals surface area contributed by atoms with Gasteiger partial charge in [0, 0.05) is 19.4 Å². The van der Waals surface area contributed by atoms with Crippen LogP contribution in [0.1, 0.15) is 88.2 Å². The Labute approximate surface area is 253 Å². The second-order valence-electron chi connectivity index (χ2n) is 13.4. The lowest BCUT2D eigenvalue weighted by Crippen LogP contribution is -2.70. The number of carbonyl (C=O) groups is 2. The van der Waals surface area contributed by atoms with Crippen LogP contribution in [0.25, 0.3) is 5.78 Å². The molecule has 6 aliphatic rings. The van der Waals surface area contributed by atoms with Gasteiger partial charge in [-0.2, -0.15) is 18.3 Å². The summed E-state index contributed by atoms with van der Waals surface area (Å²) in [5.41, 5.74) is 0.760.